The van der Waals surface area contributed by atoms with Crippen LogP contribution in [0.5, 0.6) is 0 Å². The van der Waals surface area contributed by atoms with E-state index in [1.165, 1.54) is 12.8 Å². The third kappa shape index (κ3) is 4.13. The average Bonchev–Trinajstić information content (AvgIpc) is 3.19. The molecule has 2 N–H and O–H groups in total. The number of carbonyl (C=O) groups is 1. The molecule has 0 aliphatic carbocycles. The number of para-hydroxylation sites is 1. The van der Waals surface area contributed by atoms with E-state index < -0.39 is 0 Å². The second-order valence-electron chi connectivity index (χ2n) is 7.81. The molecule has 154 valence electrons. The van der Waals surface area contributed by atoms with Gasteiger partial charge in [0.15, 0.2) is 0 Å². The van der Waals surface area contributed by atoms with Crippen LogP contribution in [0.2, 0.25) is 0 Å². The molecule has 5 rings (SSSR count). The number of nitrogens with zero attached hydrogens (tertiary/aromatic N) is 2. The molecule has 0 radical (unpaired) electrons. The zero-order valence-electron chi connectivity index (χ0n) is 16.3. The molecule has 2 bridgehead atoms. The summed E-state index contributed by atoms with van der Waals surface area (Å²) >= 11 is 0. The SMILES string of the molecule is Cc1nc2cc(C(=O)NC3CC4CCC(C3)N4)ccc2n1-c1ccccc1.Cl.Cl. The van der Waals surface area contributed by atoms with Gasteiger partial charge in [0.2, 0.25) is 0 Å². The van der Waals surface area contributed by atoms with Gasteiger partial charge in [-0.25, -0.2) is 4.98 Å². The highest BCUT2D eigenvalue weighted by Gasteiger charge is 2.34. The number of halogens is 2. The van der Waals surface area contributed by atoms with Crippen molar-refractivity contribution in [3.8, 4) is 5.69 Å². The molecule has 3 aromatic rings. The molecule has 2 atom stereocenters. The maximum atomic E-state index is 12.8. The van der Waals surface area contributed by atoms with Gasteiger partial charge >= 0.3 is 0 Å². The van der Waals surface area contributed by atoms with Crippen LogP contribution in [-0.4, -0.2) is 33.6 Å². The molecule has 0 saturated carbocycles. The number of imidazole rings is 1. The highest BCUT2D eigenvalue weighted by Crippen LogP contribution is 2.27. The van der Waals surface area contributed by atoms with E-state index in [1.807, 2.05) is 43.3 Å². The number of benzene rings is 2. The van der Waals surface area contributed by atoms with Crippen molar-refractivity contribution < 1.29 is 4.79 Å². The lowest BCUT2D eigenvalue weighted by atomic mass is 9.99. The lowest BCUT2D eigenvalue weighted by Gasteiger charge is -2.29. The van der Waals surface area contributed by atoms with Gasteiger partial charge in [-0.05, 0) is 62.9 Å². The van der Waals surface area contributed by atoms with Gasteiger partial charge in [-0.15, -0.1) is 24.8 Å². The molecule has 2 aromatic carbocycles. The van der Waals surface area contributed by atoms with E-state index in [2.05, 4.69) is 32.3 Å². The first kappa shape index (κ1) is 21.6. The van der Waals surface area contributed by atoms with E-state index in [-0.39, 0.29) is 36.8 Å². The Kier molecular flexibility index (Phi) is 6.52. The third-order valence-corrected chi connectivity index (χ3v) is 5.91. The molecule has 5 nitrogen and oxygen atoms in total. The number of fused-ring (bicyclic) bond motifs is 3. The minimum Gasteiger partial charge on any atom is -0.349 e. The maximum Gasteiger partial charge on any atom is 0.251 e. The number of aryl methyl sites for hydroxylation is 1. The molecule has 1 aromatic heterocycles. The minimum absolute atomic E-state index is 0. The number of nitrogens with one attached hydrogen (secondary N) is 2. The largest absolute Gasteiger partial charge is 0.349 e. The van der Waals surface area contributed by atoms with Crippen molar-refractivity contribution in [2.24, 2.45) is 0 Å². The molecule has 7 heteroatoms. The summed E-state index contributed by atoms with van der Waals surface area (Å²) in [5.74, 6) is 0.929. The number of hydrogen-bond acceptors (Lipinski definition) is 3. The molecule has 2 fully saturated rings. The Morgan fingerprint density at radius 2 is 1.76 bits per heavy atom. The number of rotatable bonds is 3. The maximum absolute atomic E-state index is 12.8. The number of carbonyl (C=O) groups excluding carboxylic acids is 1. The Bertz CT molecular complexity index is 993. The summed E-state index contributed by atoms with van der Waals surface area (Å²) < 4.78 is 2.13. The predicted octanol–water partition coefficient (Wildman–Crippen LogP) is 4.19. The van der Waals surface area contributed by atoms with E-state index in [0.29, 0.717) is 17.6 Å². The number of amides is 1. The van der Waals surface area contributed by atoms with Gasteiger partial charge in [0, 0.05) is 29.4 Å². The lowest BCUT2D eigenvalue weighted by Crippen LogP contribution is -2.48. The van der Waals surface area contributed by atoms with Gasteiger partial charge in [0.1, 0.15) is 5.82 Å². The van der Waals surface area contributed by atoms with E-state index >= 15 is 0 Å². The summed E-state index contributed by atoms with van der Waals surface area (Å²) in [5.41, 5.74) is 3.65. The number of aromatic nitrogens is 2. The summed E-state index contributed by atoms with van der Waals surface area (Å²) in [6.45, 7) is 2.00. The van der Waals surface area contributed by atoms with Crippen LogP contribution >= 0.6 is 24.8 Å². The molecule has 0 spiro atoms. The van der Waals surface area contributed by atoms with Gasteiger partial charge < -0.3 is 10.6 Å². The van der Waals surface area contributed by atoms with Crippen molar-refractivity contribution in [2.75, 3.05) is 0 Å². The molecule has 2 unspecified atom stereocenters. The van der Waals surface area contributed by atoms with Crippen molar-refractivity contribution in [2.45, 2.75) is 50.7 Å². The topological polar surface area (TPSA) is 59.0 Å². The molecular weight excluding hydrogens is 407 g/mol. The summed E-state index contributed by atoms with van der Waals surface area (Å²) in [6, 6.07) is 17.4. The van der Waals surface area contributed by atoms with Gasteiger partial charge in [-0.1, -0.05) is 18.2 Å². The fourth-order valence-corrected chi connectivity index (χ4v) is 4.69. The number of piperidine rings is 1. The van der Waals surface area contributed by atoms with Crippen molar-refractivity contribution in [1.82, 2.24) is 20.2 Å². The molecular formula is C22H26Cl2N4O. The van der Waals surface area contributed by atoms with Crippen LogP contribution in [0, 0.1) is 6.92 Å². The third-order valence-electron chi connectivity index (χ3n) is 5.91. The Labute approximate surface area is 183 Å². The summed E-state index contributed by atoms with van der Waals surface area (Å²) in [5, 5.41) is 6.86. The van der Waals surface area contributed by atoms with Gasteiger partial charge in [0.25, 0.3) is 5.91 Å². The first-order chi connectivity index (χ1) is 13.2. The average molecular weight is 433 g/mol. The molecule has 2 aliphatic rings. The van der Waals surface area contributed by atoms with Crippen molar-refractivity contribution in [3.05, 3.63) is 59.9 Å². The summed E-state index contributed by atoms with van der Waals surface area (Å²) in [6.07, 6.45) is 4.54. The highest BCUT2D eigenvalue weighted by atomic mass is 35.5. The van der Waals surface area contributed by atoms with Gasteiger partial charge in [-0.2, -0.15) is 0 Å². The highest BCUT2D eigenvalue weighted by molar-refractivity contribution is 5.97. The molecule has 2 aliphatic heterocycles. The fraction of sp³-hybridized carbons (Fsp3) is 0.364. The van der Waals surface area contributed by atoms with E-state index in [9.17, 15) is 4.79 Å². The van der Waals surface area contributed by atoms with Crippen LogP contribution < -0.4 is 10.6 Å². The molecule has 1 amide bonds. The molecule has 3 heterocycles. The Morgan fingerprint density at radius 3 is 2.45 bits per heavy atom. The van der Waals surface area contributed by atoms with Crippen LogP contribution in [0.1, 0.15) is 41.9 Å². The zero-order chi connectivity index (χ0) is 18.4. The van der Waals surface area contributed by atoms with E-state index in [1.54, 1.807) is 0 Å². The van der Waals surface area contributed by atoms with Crippen LogP contribution in [0.4, 0.5) is 0 Å². The standard InChI is InChI=1S/C22H24N4O.2ClH/c1-14-23-20-11-15(7-10-21(20)26(14)19-5-3-2-4-6-19)22(27)25-18-12-16-8-9-17(13-18)24-16;;/h2-7,10-11,16-18,24H,8-9,12-13H2,1H3,(H,25,27);2*1H. The van der Waals surface area contributed by atoms with Crippen LogP contribution in [0.3, 0.4) is 0 Å². The molecule has 2 saturated heterocycles. The Hall–Kier alpha value is -2.08. The van der Waals surface area contributed by atoms with Gasteiger partial charge in [0.05, 0.1) is 11.0 Å². The smallest absolute Gasteiger partial charge is 0.251 e. The Morgan fingerprint density at radius 1 is 1.07 bits per heavy atom. The summed E-state index contributed by atoms with van der Waals surface area (Å²) in [7, 11) is 0. The lowest BCUT2D eigenvalue weighted by molar-refractivity contribution is 0.0924. The first-order valence-corrected chi connectivity index (χ1v) is 9.79. The second kappa shape index (κ2) is 8.74. The normalized spacial score (nSPS) is 22.6. The second-order valence-corrected chi connectivity index (χ2v) is 7.81. The van der Waals surface area contributed by atoms with E-state index in [4.69, 9.17) is 0 Å². The van der Waals surface area contributed by atoms with Crippen LogP contribution in [0.15, 0.2) is 48.5 Å². The predicted molar refractivity (Wildman–Crippen MR) is 121 cm³/mol. The van der Waals surface area contributed by atoms with Crippen LogP contribution in [0.25, 0.3) is 16.7 Å². The minimum atomic E-state index is 0. The summed E-state index contributed by atoms with van der Waals surface area (Å²) in [4.78, 5) is 17.5. The van der Waals surface area contributed by atoms with Crippen molar-refractivity contribution in [3.63, 3.8) is 0 Å². The monoisotopic (exact) mass is 432 g/mol. The zero-order valence-corrected chi connectivity index (χ0v) is 17.9. The quantitative estimate of drug-likeness (QED) is 0.651. The van der Waals surface area contributed by atoms with Crippen LogP contribution in [-0.2, 0) is 0 Å². The fourth-order valence-electron chi connectivity index (χ4n) is 4.69. The molecule has 29 heavy (non-hydrogen) atoms. The van der Waals surface area contributed by atoms with Gasteiger partial charge in [-0.3, -0.25) is 9.36 Å². The first-order valence-electron chi connectivity index (χ1n) is 9.79. The van der Waals surface area contributed by atoms with E-state index in [0.717, 1.165) is 35.4 Å². The Balaban J connectivity index is 0.00000120. The van der Waals surface area contributed by atoms with Crippen molar-refractivity contribution >= 4 is 41.8 Å². The van der Waals surface area contributed by atoms with Crippen molar-refractivity contribution in [1.29, 1.82) is 0 Å². The number of hydrogen-bond donors (Lipinski definition) is 2.